The second-order valence-corrected chi connectivity index (χ2v) is 29.9. The molecular weight excluding hydrogens is 1160 g/mol. The van der Waals surface area contributed by atoms with Crippen LogP contribution in [-0.4, -0.2) is 90.6 Å². The second kappa shape index (κ2) is 71.1. The lowest BCUT2D eigenvalue weighted by molar-refractivity contribution is -0.160. The number of hydrogen-bond donors (Lipinski definition) is 2. The molecule has 0 rings (SSSR count). The maximum atomic E-state index is 13.5. The van der Waals surface area contributed by atoms with Gasteiger partial charge < -0.3 is 29.8 Å². The van der Waals surface area contributed by atoms with Crippen molar-refractivity contribution in [3.8, 4) is 0 Å². The molecule has 0 amide bonds. The normalized spacial score (nSPS) is 12.8. The summed E-state index contributed by atoms with van der Waals surface area (Å²) in [6.45, 7) is 13.0. The molecule has 0 fully saturated rings. The first kappa shape index (κ1) is 90.8. The number of hydrogen-bond acceptors (Lipinski definition) is 11. The Labute approximate surface area is 577 Å². The van der Waals surface area contributed by atoms with Gasteiger partial charge in [-0.25, -0.2) is 0 Å². The SMILES string of the molecule is CCCCCCCCCCCCCCCCCCCCCC(=O)OCC(O)CN(CCCCC(N)C(=O)OC(C)(C)C)CC(COC(=O)CCCCCCCCCCCCCCCCCCCCC)OC(=O)CCCCCCCCCCCCCCCCCCCCC. The summed E-state index contributed by atoms with van der Waals surface area (Å²) in [6, 6.07) is -0.761. The van der Waals surface area contributed by atoms with E-state index in [1.54, 1.807) is 0 Å². The van der Waals surface area contributed by atoms with E-state index < -0.39 is 29.8 Å². The van der Waals surface area contributed by atoms with Crippen LogP contribution < -0.4 is 5.73 Å². The minimum Gasteiger partial charge on any atom is -0.463 e. The third kappa shape index (κ3) is 70.9. The van der Waals surface area contributed by atoms with Gasteiger partial charge in [0.2, 0.25) is 0 Å². The van der Waals surface area contributed by atoms with Crippen molar-refractivity contribution in [2.24, 2.45) is 5.73 Å². The van der Waals surface area contributed by atoms with Crippen molar-refractivity contribution in [1.29, 1.82) is 0 Å². The lowest BCUT2D eigenvalue weighted by Crippen LogP contribution is -2.43. The van der Waals surface area contributed by atoms with Crippen LogP contribution in [0.1, 0.15) is 446 Å². The molecule has 0 aliphatic carbocycles. The van der Waals surface area contributed by atoms with Crippen LogP contribution in [0.2, 0.25) is 0 Å². The van der Waals surface area contributed by atoms with E-state index in [1.165, 1.54) is 308 Å². The van der Waals surface area contributed by atoms with E-state index >= 15 is 0 Å². The van der Waals surface area contributed by atoms with Crippen molar-refractivity contribution < 1.29 is 43.2 Å². The summed E-state index contributed by atoms with van der Waals surface area (Å²) in [7, 11) is 0. The third-order valence-electron chi connectivity index (χ3n) is 19.0. The molecule has 0 aliphatic heterocycles. The third-order valence-corrected chi connectivity index (χ3v) is 19.0. The first-order valence-corrected chi connectivity index (χ1v) is 41.2. The van der Waals surface area contributed by atoms with Crippen LogP contribution in [0.15, 0.2) is 0 Å². The molecule has 0 saturated heterocycles. The van der Waals surface area contributed by atoms with E-state index in [9.17, 15) is 24.3 Å². The van der Waals surface area contributed by atoms with Gasteiger partial charge in [-0.2, -0.15) is 0 Å². The van der Waals surface area contributed by atoms with Crippen molar-refractivity contribution in [3.63, 3.8) is 0 Å². The number of nitrogens with zero attached hydrogens (tertiary/aromatic N) is 1. The van der Waals surface area contributed by atoms with E-state index in [1.807, 2.05) is 25.7 Å². The van der Waals surface area contributed by atoms with Crippen molar-refractivity contribution in [3.05, 3.63) is 0 Å². The molecule has 0 aliphatic rings. The largest absolute Gasteiger partial charge is 0.463 e. The minimum absolute atomic E-state index is 0.0760. The molecule has 3 atom stereocenters. The number of esters is 4. The fraction of sp³-hybridized carbons (Fsp3) is 0.951. The number of aliphatic hydroxyl groups excluding tert-OH is 1. The Morgan fingerprint density at radius 1 is 0.344 bits per heavy atom. The molecule has 0 bridgehead atoms. The summed E-state index contributed by atoms with van der Waals surface area (Å²) < 4.78 is 23.2. The zero-order valence-corrected chi connectivity index (χ0v) is 63.1. The molecule has 11 heteroatoms. The number of ether oxygens (including phenoxy) is 4. The monoisotopic (exact) mass is 1320 g/mol. The Balaban J connectivity index is 5.21. The van der Waals surface area contributed by atoms with Crippen LogP contribution in [0, 0.1) is 0 Å². The number of carbonyl (C=O) groups is 4. The van der Waals surface area contributed by atoms with E-state index in [0.29, 0.717) is 45.1 Å². The number of carbonyl (C=O) groups excluding carboxylic acids is 4. The maximum Gasteiger partial charge on any atom is 0.323 e. The minimum atomic E-state index is -0.985. The standard InChI is InChI=1S/C82H160N2O9/c1-7-10-13-16-19-22-25-28-31-34-37-40-43-46-49-52-55-58-61-67-78(86)90-73-75(85)71-84(70-65-64-66-77(83)81(89)93-82(4,5)6)72-76(92-80(88)69-63-60-57-54-51-48-45-42-39-36-33-30-27-24-21-18-15-12-9-3)74-91-79(87)68-62-59-56-53-50-47-44-41-38-35-32-29-26-23-20-17-14-11-8-2/h75-77,85H,7-74,83H2,1-6H3. The number of aliphatic hydroxyl groups is 1. The van der Waals surface area contributed by atoms with Gasteiger partial charge in [0.1, 0.15) is 37.1 Å². The number of unbranched alkanes of at least 4 members (excludes halogenated alkanes) is 55. The van der Waals surface area contributed by atoms with Gasteiger partial charge >= 0.3 is 23.9 Å². The molecule has 11 nitrogen and oxygen atoms in total. The van der Waals surface area contributed by atoms with Gasteiger partial charge in [-0.3, -0.25) is 24.1 Å². The van der Waals surface area contributed by atoms with Gasteiger partial charge in [-0.05, 0) is 59.4 Å². The Kier molecular flexibility index (Phi) is 69.3. The summed E-state index contributed by atoms with van der Waals surface area (Å²) in [4.78, 5) is 54.4. The Bertz CT molecular complexity index is 1590. The molecule has 552 valence electrons. The van der Waals surface area contributed by atoms with E-state index in [0.717, 1.165) is 57.8 Å². The Hall–Kier alpha value is -2.24. The molecule has 0 heterocycles. The van der Waals surface area contributed by atoms with Gasteiger partial charge in [-0.15, -0.1) is 0 Å². The quantitative estimate of drug-likeness (QED) is 0.0340. The van der Waals surface area contributed by atoms with Crippen molar-refractivity contribution in [1.82, 2.24) is 4.90 Å². The van der Waals surface area contributed by atoms with E-state index in [-0.39, 0.29) is 44.2 Å². The van der Waals surface area contributed by atoms with Crippen LogP contribution in [0.3, 0.4) is 0 Å². The average molecular weight is 1320 g/mol. The van der Waals surface area contributed by atoms with Gasteiger partial charge in [0.15, 0.2) is 0 Å². The van der Waals surface area contributed by atoms with Gasteiger partial charge in [0.05, 0.1) is 0 Å². The van der Waals surface area contributed by atoms with Gasteiger partial charge in [-0.1, -0.05) is 374 Å². The molecule has 93 heavy (non-hydrogen) atoms. The zero-order valence-electron chi connectivity index (χ0n) is 63.1. The molecule has 0 radical (unpaired) electrons. The molecular formula is C82H160N2O9. The molecule has 0 aromatic carbocycles. The topological polar surface area (TPSA) is 155 Å². The first-order valence-electron chi connectivity index (χ1n) is 41.2. The van der Waals surface area contributed by atoms with Crippen molar-refractivity contribution >= 4 is 23.9 Å². The smallest absolute Gasteiger partial charge is 0.323 e. The predicted octanol–water partition coefficient (Wildman–Crippen LogP) is 24.0. The van der Waals surface area contributed by atoms with Crippen LogP contribution in [-0.2, 0) is 38.1 Å². The molecule has 0 spiro atoms. The highest BCUT2D eigenvalue weighted by Crippen LogP contribution is 2.21. The summed E-state index contributed by atoms with van der Waals surface area (Å²) >= 11 is 0. The zero-order chi connectivity index (χ0) is 68.0. The first-order chi connectivity index (χ1) is 45.3. The maximum absolute atomic E-state index is 13.5. The lowest BCUT2D eigenvalue weighted by atomic mass is 10.0. The molecule has 0 aromatic rings. The molecule has 3 unspecified atom stereocenters. The summed E-state index contributed by atoms with van der Waals surface area (Å²) in [5.41, 5.74) is 5.63. The highest BCUT2D eigenvalue weighted by atomic mass is 16.6. The Morgan fingerprint density at radius 3 is 0.882 bits per heavy atom. The van der Waals surface area contributed by atoms with E-state index in [4.69, 9.17) is 24.7 Å². The number of rotatable bonds is 75. The predicted molar refractivity (Wildman–Crippen MR) is 396 cm³/mol. The van der Waals surface area contributed by atoms with Crippen molar-refractivity contribution in [2.75, 3.05) is 32.8 Å². The fourth-order valence-corrected chi connectivity index (χ4v) is 13.0. The molecule has 0 aromatic heterocycles. The number of nitrogens with two attached hydrogens (primary N) is 1. The van der Waals surface area contributed by atoms with Gasteiger partial charge in [0.25, 0.3) is 0 Å². The lowest BCUT2D eigenvalue weighted by Gasteiger charge is -2.29. The summed E-state index contributed by atoms with van der Waals surface area (Å²) in [5, 5.41) is 11.4. The molecule has 0 saturated carbocycles. The highest BCUT2D eigenvalue weighted by molar-refractivity contribution is 5.75. The van der Waals surface area contributed by atoms with Crippen LogP contribution >= 0.6 is 0 Å². The highest BCUT2D eigenvalue weighted by Gasteiger charge is 2.25. The van der Waals surface area contributed by atoms with E-state index in [2.05, 4.69) is 20.8 Å². The van der Waals surface area contributed by atoms with Crippen LogP contribution in [0.5, 0.6) is 0 Å². The average Bonchev–Trinajstić information content (AvgIpc) is 3.43. The van der Waals surface area contributed by atoms with Crippen molar-refractivity contribution in [2.45, 2.75) is 470 Å². The van der Waals surface area contributed by atoms with Crippen LogP contribution in [0.25, 0.3) is 0 Å². The fourth-order valence-electron chi connectivity index (χ4n) is 13.0. The van der Waals surface area contributed by atoms with Crippen LogP contribution in [0.4, 0.5) is 0 Å². The Morgan fingerprint density at radius 2 is 0.602 bits per heavy atom. The van der Waals surface area contributed by atoms with Gasteiger partial charge in [0, 0.05) is 32.4 Å². The molecule has 3 N–H and O–H groups in total. The summed E-state index contributed by atoms with van der Waals surface area (Å²) in [6.07, 6.45) is 74.5. The second-order valence-electron chi connectivity index (χ2n) is 29.9. The summed E-state index contributed by atoms with van der Waals surface area (Å²) in [5.74, 6) is -1.34.